The van der Waals surface area contributed by atoms with Crippen LogP contribution in [0.3, 0.4) is 0 Å². The number of aromatic nitrogens is 3. The number of carbonyl (C=O) groups excluding carboxylic acids is 2. The van der Waals surface area contributed by atoms with Crippen molar-refractivity contribution >= 4 is 22.6 Å². The number of nitrogens with one attached hydrogen (secondary N) is 4. The molecule has 1 aliphatic heterocycles. The molecular weight excluding hydrogens is 410 g/mol. The number of nitrogens with zero attached hydrogens (tertiary/aromatic N) is 1. The summed E-state index contributed by atoms with van der Waals surface area (Å²) in [5.74, 6) is 1.02. The highest BCUT2D eigenvalue weighted by Crippen LogP contribution is 2.35. The second kappa shape index (κ2) is 8.86. The number of rotatable bonds is 8. The molecule has 2 heterocycles. The zero-order chi connectivity index (χ0) is 22.7. The minimum absolute atomic E-state index is 0.00527. The lowest BCUT2D eigenvalue weighted by Crippen LogP contribution is -2.44. The zero-order valence-electron chi connectivity index (χ0n) is 18.2. The van der Waals surface area contributed by atoms with Gasteiger partial charge in [-0.3, -0.25) is 14.6 Å². The Morgan fingerprint density at radius 1 is 1.22 bits per heavy atom. The van der Waals surface area contributed by atoms with Crippen LogP contribution in [-0.4, -0.2) is 39.6 Å². The largest absolute Gasteiger partial charge is 0.496 e. The predicted octanol–water partition coefficient (Wildman–Crippen LogP) is 2.11. The SMILES string of the molecule is COc1ccc(CC2(CCC(=O)NC(C)c3n[nH]c(=O)[nH]3)CCC(=O)N2)c2ccccc12. The molecule has 0 spiro atoms. The Morgan fingerprint density at radius 2 is 2.00 bits per heavy atom. The quantitative estimate of drug-likeness (QED) is 0.429. The van der Waals surface area contributed by atoms with Gasteiger partial charge in [-0.25, -0.2) is 9.89 Å². The monoisotopic (exact) mass is 437 g/mol. The number of H-pyrrole nitrogens is 2. The van der Waals surface area contributed by atoms with Crippen molar-refractivity contribution in [2.24, 2.45) is 0 Å². The van der Waals surface area contributed by atoms with Crippen LogP contribution in [0, 0.1) is 0 Å². The maximum absolute atomic E-state index is 12.6. The molecule has 1 saturated heterocycles. The van der Waals surface area contributed by atoms with E-state index < -0.39 is 17.3 Å². The molecule has 1 aliphatic rings. The van der Waals surface area contributed by atoms with Crippen LogP contribution in [0.4, 0.5) is 0 Å². The first-order valence-electron chi connectivity index (χ1n) is 10.7. The summed E-state index contributed by atoms with van der Waals surface area (Å²) in [6.45, 7) is 1.75. The van der Waals surface area contributed by atoms with Crippen LogP contribution in [0.15, 0.2) is 41.2 Å². The summed E-state index contributed by atoms with van der Waals surface area (Å²) in [7, 11) is 1.65. The van der Waals surface area contributed by atoms with Crippen molar-refractivity contribution < 1.29 is 14.3 Å². The number of hydrogen-bond donors (Lipinski definition) is 4. The molecule has 2 unspecified atom stereocenters. The highest BCUT2D eigenvalue weighted by molar-refractivity contribution is 5.91. The highest BCUT2D eigenvalue weighted by atomic mass is 16.5. The van der Waals surface area contributed by atoms with E-state index in [4.69, 9.17) is 4.74 Å². The fourth-order valence-electron chi connectivity index (χ4n) is 4.44. The molecule has 0 radical (unpaired) electrons. The Morgan fingerprint density at radius 3 is 2.66 bits per heavy atom. The molecule has 32 heavy (non-hydrogen) atoms. The van der Waals surface area contributed by atoms with Crippen molar-refractivity contribution in [2.75, 3.05) is 7.11 Å². The molecule has 3 aromatic rings. The molecule has 2 amide bonds. The fraction of sp³-hybridized carbons (Fsp3) is 0.391. The summed E-state index contributed by atoms with van der Waals surface area (Å²) < 4.78 is 5.50. The Balaban J connectivity index is 1.50. The van der Waals surface area contributed by atoms with E-state index in [1.54, 1.807) is 14.0 Å². The molecule has 9 heteroatoms. The number of methoxy groups -OCH3 is 1. The third-order valence-electron chi connectivity index (χ3n) is 6.10. The van der Waals surface area contributed by atoms with Gasteiger partial charge in [-0.1, -0.05) is 30.3 Å². The molecule has 1 fully saturated rings. The van der Waals surface area contributed by atoms with E-state index in [1.165, 1.54) is 0 Å². The lowest BCUT2D eigenvalue weighted by molar-refractivity contribution is -0.123. The average Bonchev–Trinajstić information content (AvgIpc) is 3.38. The maximum atomic E-state index is 12.6. The molecule has 9 nitrogen and oxygen atoms in total. The van der Waals surface area contributed by atoms with E-state index >= 15 is 0 Å². The number of benzene rings is 2. The van der Waals surface area contributed by atoms with E-state index in [0.717, 1.165) is 22.1 Å². The number of hydrogen-bond acceptors (Lipinski definition) is 5. The van der Waals surface area contributed by atoms with E-state index in [-0.39, 0.29) is 18.2 Å². The lowest BCUT2D eigenvalue weighted by Gasteiger charge is -2.30. The van der Waals surface area contributed by atoms with Crippen molar-refractivity contribution in [3.8, 4) is 5.75 Å². The van der Waals surface area contributed by atoms with Crippen molar-refractivity contribution in [3.05, 3.63) is 58.3 Å². The Hall–Kier alpha value is -3.62. The first-order valence-corrected chi connectivity index (χ1v) is 10.7. The molecule has 2 aromatic carbocycles. The van der Waals surface area contributed by atoms with Crippen LogP contribution in [0.5, 0.6) is 5.75 Å². The Kier molecular flexibility index (Phi) is 5.98. The summed E-state index contributed by atoms with van der Waals surface area (Å²) in [6, 6.07) is 11.6. The smallest absolute Gasteiger partial charge is 0.340 e. The van der Waals surface area contributed by atoms with Crippen LogP contribution >= 0.6 is 0 Å². The second-order valence-corrected chi connectivity index (χ2v) is 8.33. The number of fused-ring (bicyclic) bond motifs is 1. The lowest BCUT2D eigenvalue weighted by atomic mass is 9.83. The summed E-state index contributed by atoms with van der Waals surface area (Å²) in [4.78, 5) is 38.5. The van der Waals surface area contributed by atoms with Crippen LogP contribution in [-0.2, 0) is 16.0 Å². The van der Waals surface area contributed by atoms with Crippen LogP contribution in [0.25, 0.3) is 10.8 Å². The molecular formula is C23H27N5O4. The minimum Gasteiger partial charge on any atom is -0.496 e. The van der Waals surface area contributed by atoms with Crippen LogP contribution < -0.4 is 21.1 Å². The van der Waals surface area contributed by atoms with Gasteiger partial charge in [0.1, 0.15) is 5.75 Å². The van der Waals surface area contributed by atoms with Gasteiger partial charge in [-0.2, -0.15) is 5.10 Å². The van der Waals surface area contributed by atoms with Gasteiger partial charge in [0, 0.05) is 23.8 Å². The van der Waals surface area contributed by atoms with E-state index in [2.05, 4.69) is 31.9 Å². The van der Waals surface area contributed by atoms with E-state index in [9.17, 15) is 14.4 Å². The fourth-order valence-corrected chi connectivity index (χ4v) is 4.44. The van der Waals surface area contributed by atoms with Crippen LogP contribution in [0.1, 0.15) is 50.0 Å². The van der Waals surface area contributed by atoms with Crippen molar-refractivity contribution in [1.82, 2.24) is 25.8 Å². The summed E-state index contributed by atoms with van der Waals surface area (Å²) in [5.41, 5.74) is 0.197. The number of carbonyl (C=O) groups is 2. The molecule has 4 rings (SSSR count). The van der Waals surface area contributed by atoms with Gasteiger partial charge < -0.3 is 15.4 Å². The molecule has 2 atom stereocenters. The average molecular weight is 438 g/mol. The van der Waals surface area contributed by atoms with Crippen LogP contribution in [0.2, 0.25) is 0 Å². The first-order chi connectivity index (χ1) is 15.4. The number of ether oxygens (including phenoxy) is 1. The highest BCUT2D eigenvalue weighted by Gasteiger charge is 2.38. The molecule has 0 aliphatic carbocycles. The van der Waals surface area contributed by atoms with Gasteiger partial charge in [-0.15, -0.1) is 0 Å². The van der Waals surface area contributed by atoms with Gasteiger partial charge in [0.15, 0.2) is 5.82 Å². The van der Waals surface area contributed by atoms with Gasteiger partial charge in [-0.05, 0) is 43.2 Å². The van der Waals surface area contributed by atoms with Crippen molar-refractivity contribution in [3.63, 3.8) is 0 Å². The van der Waals surface area contributed by atoms with Crippen molar-refractivity contribution in [1.29, 1.82) is 0 Å². The standard InChI is InChI=1S/C23H27N5O4/c1-14(21-25-22(31)28-27-21)24-19(29)9-11-23(12-10-20(30)26-23)13-15-7-8-18(32-2)17-6-4-3-5-16(15)17/h3-8,14H,9-13H2,1-2H3,(H,24,29)(H,26,30)(H2,25,27,28,31). The number of aromatic amines is 2. The summed E-state index contributed by atoms with van der Waals surface area (Å²) in [6.07, 6.45) is 2.49. The van der Waals surface area contributed by atoms with Gasteiger partial charge in [0.25, 0.3) is 0 Å². The van der Waals surface area contributed by atoms with Crippen molar-refractivity contribution in [2.45, 2.75) is 50.6 Å². The Labute approximate surface area is 184 Å². The Bertz CT molecular complexity index is 1200. The van der Waals surface area contributed by atoms with Gasteiger partial charge in [0.2, 0.25) is 11.8 Å². The first kappa shape index (κ1) is 21.6. The topological polar surface area (TPSA) is 129 Å². The number of amides is 2. The molecule has 168 valence electrons. The summed E-state index contributed by atoms with van der Waals surface area (Å²) in [5, 5.41) is 14.2. The maximum Gasteiger partial charge on any atom is 0.340 e. The summed E-state index contributed by atoms with van der Waals surface area (Å²) >= 11 is 0. The van der Waals surface area contributed by atoms with E-state index in [0.29, 0.717) is 31.5 Å². The van der Waals surface area contributed by atoms with E-state index in [1.807, 2.05) is 30.3 Å². The molecule has 0 saturated carbocycles. The predicted molar refractivity (Wildman–Crippen MR) is 119 cm³/mol. The molecule has 0 bridgehead atoms. The molecule has 1 aromatic heterocycles. The minimum atomic E-state index is -0.490. The second-order valence-electron chi connectivity index (χ2n) is 8.33. The zero-order valence-corrected chi connectivity index (χ0v) is 18.2. The van der Waals surface area contributed by atoms with Gasteiger partial charge >= 0.3 is 5.69 Å². The third-order valence-corrected chi connectivity index (χ3v) is 6.10. The third kappa shape index (κ3) is 4.51. The van der Waals surface area contributed by atoms with Gasteiger partial charge in [0.05, 0.1) is 13.2 Å². The normalized spacial score (nSPS) is 19.0. The molecule has 4 N–H and O–H groups in total.